The van der Waals surface area contributed by atoms with E-state index < -0.39 is 5.82 Å². The number of halogens is 2. The lowest BCUT2D eigenvalue weighted by molar-refractivity contribution is 0.100. The second-order valence-corrected chi connectivity index (χ2v) is 4.96. The summed E-state index contributed by atoms with van der Waals surface area (Å²) < 4.78 is 18.0. The first kappa shape index (κ1) is 16.0. The molecular formula is C16H14ClFN2O2. The second-order valence-electron chi connectivity index (χ2n) is 4.53. The fraction of sp³-hybridized carbons (Fsp3) is 0.125. The van der Waals surface area contributed by atoms with Gasteiger partial charge in [-0.3, -0.25) is 4.79 Å². The van der Waals surface area contributed by atoms with E-state index in [4.69, 9.17) is 22.1 Å². The van der Waals surface area contributed by atoms with Crippen molar-refractivity contribution in [3.63, 3.8) is 0 Å². The third-order valence-corrected chi connectivity index (χ3v) is 3.15. The average molecular weight is 321 g/mol. The summed E-state index contributed by atoms with van der Waals surface area (Å²) in [6.45, 7) is 0. The van der Waals surface area contributed by atoms with E-state index in [1.807, 2.05) is 0 Å². The van der Waals surface area contributed by atoms with Crippen LogP contribution in [0.2, 0.25) is 5.02 Å². The van der Waals surface area contributed by atoms with Gasteiger partial charge in [-0.05, 0) is 42.5 Å². The Labute approximate surface area is 132 Å². The van der Waals surface area contributed by atoms with Crippen molar-refractivity contribution < 1.29 is 13.9 Å². The summed E-state index contributed by atoms with van der Waals surface area (Å²) >= 11 is 5.91. The number of Topliss-reactive ketones (excluding diaryl/α,β-unsaturated/α-hetero) is 1. The smallest absolute Gasteiger partial charge is 0.170 e. The minimum Gasteiger partial charge on any atom is -0.494 e. The van der Waals surface area contributed by atoms with E-state index >= 15 is 0 Å². The van der Waals surface area contributed by atoms with Crippen LogP contribution in [0.1, 0.15) is 16.8 Å². The van der Waals surface area contributed by atoms with Gasteiger partial charge in [-0.15, -0.1) is 0 Å². The highest BCUT2D eigenvalue weighted by molar-refractivity contribution is 6.30. The first-order valence-electron chi connectivity index (χ1n) is 6.45. The number of amidine groups is 1. The number of ketones is 1. The summed E-state index contributed by atoms with van der Waals surface area (Å²) in [6.07, 6.45) is -0.0820. The molecule has 0 heterocycles. The zero-order valence-corrected chi connectivity index (χ0v) is 12.6. The number of methoxy groups -OCH3 is 1. The minimum atomic E-state index is -0.401. The average Bonchev–Trinajstić information content (AvgIpc) is 2.48. The number of hydrogen-bond acceptors (Lipinski definition) is 3. The molecule has 6 heteroatoms. The van der Waals surface area contributed by atoms with Crippen molar-refractivity contribution in [2.45, 2.75) is 6.42 Å². The van der Waals surface area contributed by atoms with Crippen molar-refractivity contribution >= 4 is 28.9 Å². The molecule has 0 aliphatic heterocycles. The van der Waals surface area contributed by atoms with Crippen LogP contribution in [0.5, 0.6) is 5.75 Å². The molecule has 0 aromatic heterocycles. The number of ether oxygens (including phenoxy) is 1. The van der Waals surface area contributed by atoms with E-state index in [1.165, 1.54) is 31.4 Å². The third-order valence-electron chi connectivity index (χ3n) is 2.91. The molecule has 0 spiro atoms. The molecule has 0 radical (unpaired) electrons. The van der Waals surface area contributed by atoms with Crippen LogP contribution in [0.4, 0.5) is 10.1 Å². The molecule has 0 fully saturated rings. The van der Waals surface area contributed by atoms with Gasteiger partial charge in [0, 0.05) is 10.6 Å². The van der Waals surface area contributed by atoms with Crippen LogP contribution in [0, 0.1) is 5.82 Å². The molecule has 0 aliphatic rings. The molecule has 2 rings (SSSR count). The van der Waals surface area contributed by atoms with Gasteiger partial charge in [0.1, 0.15) is 23.1 Å². The number of aliphatic imine (C=N–C) groups is 1. The highest BCUT2D eigenvalue weighted by Gasteiger charge is 2.10. The molecule has 0 aliphatic carbocycles. The zero-order valence-electron chi connectivity index (χ0n) is 11.8. The molecule has 2 N–H and O–H groups in total. The van der Waals surface area contributed by atoms with Crippen LogP contribution in [-0.4, -0.2) is 18.7 Å². The van der Waals surface area contributed by atoms with Crippen molar-refractivity contribution in [1.29, 1.82) is 0 Å². The summed E-state index contributed by atoms with van der Waals surface area (Å²) in [5.41, 5.74) is 6.62. The van der Waals surface area contributed by atoms with Crippen LogP contribution >= 0.6 is 11.6 Å². The van der Waals surface area contributed by atoms with Crippen molar-refractivity contribution in [3.05, 3.63) is 58.9 Å². The van der Waals surface area contributed by atoms with Gasteiger partial charge in [-0.1, -0.05) is 11.6 Å². The maximum atomic E-state index is 12.8. The Bertz CT molecular complexity index is 715. The molecule has 114 valence electrons. The fourth-order valence-corrected chi connectivity index (χ4v) is 2.01. The van der Waals surface area contributed by atoms with E-state index in [0.717, 1.165) is 0 Å². The summed E-state index contributed by atoms with van der Waals surface area (Å²) in [6, 6.07) is 10.2. The van der Waals surface area contributed by atoms with Crippen molar-refractivity contribution in [2.24, 2.45) is 10.7 Å². The Morgan fingerprint density at radius 1 is 1.27 bits per heavy atom. The van der Waals surface area contributed by atoms with E-state index in [0.29, 0.717) is 22.0 Å². The topological polar surface area (TPSA) is 64.7 Å². The van der Waals surface area contributed by atoms with E-state index in [9.17, 15) is 9.18 Å². The summed E-state index contributed by atoms with van der Waals surface area (Å²) in [7, 11) is 1.50. The number of nitrogens with two attached hydrogens (primary N) is 1. The van der Waals surface area contributed by atoms with Crippen LogP contribution in [0.25, 0.3) is 0 Å². The van der Waals surface area contributed by atoms with Gasteiger partial charge >= 0.3 is 0 Å². The Morgan fingerprint density at radius 3 is 2.59 bits per heavy atom. The quantitative estimate of drug-likeness (QED) is 0.518. The lowest BCUT2D eigenvalue weighted by Crippen LogP contribution is -2.17. The molecule has 0 saturated heterocycles. The molecule has 0 saturated carbocycles. The molecule has 0 bridgehead atoms. The van der Waals surface area contributed by atoms with Gasteiger partial charge in [-0.25, -0.2) is 9.38 Å². The predicted molar refractivity (Wildman–Crippen MR) is 84.6 cm³/mol. The number of carbonyl (C=O) groups excluding carboxylic acids is 1. The molecule has 0 unspecified atom stereocenters. The number of nitrogens with zero attached hydrogens (tertiary/aromatic N) is 1. The SMILES string of the molecule is COc1ccc(Cl)cc1N=C(N)CC(=O)c1ccc(F)cc1. The number of hydrogen-bond donors (Lipinski definition) is 1. The van der Waals surface area contributed by atoms with Gasteiger partial charge in [-0.2, -0.15) is 0 Å². The van der Waals surface area contributed by atoms with Crippen LogP contribution in [0.15, 0.2) is 47.5 Å². The lowest BCUT2D eigenvalue weighted by atomic mass is 10.1. The van der Waals surface area contributed by atoms with Crippen molar-refractivity contribution in [3.8, 4) is 5.75 Å². The van der Waals surface area contributed by atoms with E-state index in [1.54, 1.807) is 18.2 Å². The van der Waals surface area contributed by atoms with Crippen LogP contribution < -0.4 is 10.5 Å². The normalized spacial score (nSPS) is 11.3. The number of carbonyl (C=O) groups is 1. The second kappa shape index (κ2) is 7.04. The Morgan fingerprint density at radius 2 is 1.95 bits per heavy atom. The summed E-state index contributed by atoms with van der Waals surface area (Å²) in [5.74, 6) is -0.0272. The molecule has 4 nitrogen and oxygen atoms in total. The van der Waals surface area contributed by atoms with Crippen LogP contribution in [0.3, 0.4) is 0 Å². The molecule has 2 aromatic rings. The maximum Gasteiger partial charge on any atom is 0.170 e. The van der Waals surface area contributed by atoms with Gasteiger partial charge in [0.15, 0.2) is 5.78 Å². The number of benzene rings is 2. The highest BCUT2D eigenvalue weighted by Crippen LogP contribution is 2.30. The standard InChI is InChI=1S/C16H14ClFN2O2/c1-22-15-7-4-11(17)8-13(15)20-16(19)9-14(21)10-2-5-12(18)6-3-10/h2-8H,9H2,1H3,(H2,19,20). The molecule has 0 atom stereocenters. The van der Waals surface area contributed by atoms with Gasteiger partial charge in [0.2, 0.25) is 0 Å². The highest BCUT2D eigenvalue weighted by atomic mass is 35.5. The maximum absolute atomic E-state index is 12.8. The molecule has 2 aromatic carbocycles. The minimum absolute atomic E-state index is 0.0820. The summed E-state index contributed by atoms with van der Waals surface area (Å²) in [4.78, 5) is 16.2. The van der Waals surface area contributed by atoms with Gasteiger partial charge < -0.3 is 10.5 Å². The fourth-order valence-electron chi connectivity index (χ4n) is 1.85. The Kier molecular flexibility index (Phi) is 5.12. The van der Waals surface area contributed by atoms with Crippen molar-refractivity contribution in [2.75, 3.05) is 7.11 Å². The Balaban J connectivity index is 2.17. The van der Waals surface area contributed by atoms with Crippen molar-refractivity contribution in [1.82, 2.24) is 0 Å². The van der Waals surface area contributed by atoms with Crippen LogP contribution in [-0.2, 0) is 0 Å². The monoisotopic (exact) mass is 320 g/mol. The first-order valence-corrected chi connectivity index (χ1v) is 6.82. The zero-order chi connectivity index (χ0) is 16.1. The van der Waals surface area contributed by atoms with E-state index in [-0.39, 0.29) is 18.0 Å². The van der Waals surface area contributed by atoms with Gasteiger partial charge in [0.25, 0.3) is 0 Å². The predicted octanol–water partition coefficient (Wildman–Crippen LogP) is 3.75. The molecule has 22 heavy (non-hydrogen) atoms. The van der Waals surface area contributed by atoms with E-state index in [2.05, 4.69) is 4.99 Å². The number of rotatable bonds is 5. The largest absolute Gasteiger partial charge is 0.494 e. The summed E-state index contributed by atoms with van der Waals surface area (Å²) in [5, 5.41) is 0.484. The molecule has 0 amide bonds. The Hall–Kier alpha value is -2.40. The molecular weight excluding hydrogens is 307 g/mol. The third kappa shape index (κ3) is 4.05. The lowest BCUT2D eigenvalue weighted by Gasteiger charge is -2.06. The first-order chi connectivity index (χ1) is 10.5. The van der Waals surface area contributed by atoms with Gasteiger partial charge in [0.05, 0.1) is 13.5 Å².